The number of hydrogen-bond donors (Lipinski definition) is 1. The lowest BCUT2D eigenvalue weighted by molar-refractivity contribution is -0.131. The lowest BCUT2D eigenvalue weighted by Crippen LogP contribution is -2.37. The molecule has 2 aromatic rings. The summed E-state index contributed by atoms with van der Waals surface area (Å²) >= 11 is 1.50. The molecule has 1 unspecified atom stereocenters. The first-order valence-electron chi connectivity index (χ1n) is 6.82. The summed E-state index contributed by atoms with van der Waals surface area (Å²) in [7, 11) is 1.75. The second kappa shape index (κ2) is 7.24. The van der Waals surface area contributed by atoms with Crippen molar-refractivity contribution in [3.63, 3.8) is 0 Å². The Kier molecular flexibility index (Phi) is 5.36. The molecule has 0 saturated heterocycles. The van der Waals surface area contributed by atoms with Gasteiger partial charge in [-0.1, -0.05) is 24.3 Å². The van der Waals surface area contributed by atoms with Crippen molar-refractivity contribution in [3.8, 4) is 5.75 Å². The van der Waals surface area contributed by atoms with E-state index in [9.17, 15) is 4.79 Å². The molecule has 0 aliphatic heterocycles. The van der Waals surface area contributed by atoms with Gasteiger partial charge < -0.3 is 15.4 Å². The van der Waals surface area contributed by atoms with Gasteiger partial charge in [-0.15, -0.1) is 11.3 Å². The van der Waals surface area contributed by atoms with Crippen molar-refractivity contribution < 1.29 is 9.53 Å². The number of benzene rings is 1. The summed E-state index contributed by atoms with van der Waals surface area (Å²) in [6.07, 6.45) is 0. The second-order valence-corrected chi connectivity index (χ2v) is 5.85. The Bertz CT molecular complexity index is 584. The molecule has 0 aliphatic carbocycles. The van der Waals surface area contributed by atoms with Gasteiger partial charge in [-0.2, -0.15) is 0 Å². The fourth-order valence-electron chi connectivity index (χ4n) is 1.95. The highest BCUT2D eigenvalue weighted by Gasteiger charge is 2.20. The Morgan fingerprint density at radius 1 is 1.33 bits per heavy atom. The summed E-state index contributed by atoms with van der Waals surface area (Å²) < 4.78 is 5.70. The number of ether oxygens (including phenoxy) is 1. The average Bonchev–Trinajstić information content (AvgIpc) is 3.01. The number of nitrogens with two attached hydrogens (primary N) is 1. The summed E-state index contributed by atoms with van der Waals surface area (Å²) in [4.78, 5) is 14.7. The van der Waals surface area contributed by atoms with Gasteiger partial charge in [0.25, 0.3) is 0 Å². The number of likely N-dealkylation sites (N-methyl/N-ethyl adjacent to an activating group) is 1. The predicted octanol–water partition coefficient (Wildman–Crippen LogP) is 2.59. The largest absolute Gasteiger partial charge is 0.491 e. The van der Waals surface area contributed by atoms with Crippen LogP contribution in [0.3, 0.4) is 0 Å². The van der Waals surface area contributed by atoms with Crippen molar-refractivity contribution in [2.45, 2.75) is 13.0 Å². The standard InChI is InChI=1S/C16H20N2O2S/c1-12-6-3-4-7-13(12)20-10-9-18(2)16(19)15(17)14-8-5-11-21-14/h3-8,11,15H,9-10,17H2,1-2H3. The van der Waals surface area contributed by atoms with E-state index in [1.54, 1.807) is 11.9 Å². The minimum absolute atomic E-state index is 0.0918. The predicted molar refractivity (Wildman–Crippen MR) is 85.6 cm³/mol. The molecule has 0 aliphatic rings. The van der Waals surface area contributed by atoms with Crippen LogP contribution in [0.15, 0.2) is 41.8 Å². The van der Waals surface area contributed by atoms with Crippen LogP contribution in [0.1, 0.15) is 16.5 Å². The first-order valence-corrected chi connectivity index (χ1v) is 7.70. The molecule has 1 atom stereocenters. The van der Waals surface area contributed by atoms with Crippen LogP contribution < -0.4 is 10.5 Å². The fraction of sp³-hybridized carbons (Fsp3) is 0.312. The summed E-state index contributed by atoms with van der Waals surface area (Å²) in [6, 6.07) is 11.0. The smallest absolute Gasteiger partial charge is 0.244 e. The molecule has 0 radical (unpaired) electrons. The van der Waals surface area contributed by atoms with Crippen LogP contribution in [0.2, 0.25) is 0 Å². The molecule has 2 N–H and O–H groups in total. The van der Waals surface area contributed by atoms with Crippen LogP contribution in [0.4, 0.5) is 0 Å². The third-order valence-corrected chi connectivity index (χ3v) is 4.23. The SMILES string of the molecule is Cc1ccccc1OCCN(C)C(=O)C(N)c1cccs1. The van der Waals surface area contributed by atoms with Crippen molar-refractivity contribution in [2.24, 2.45) is 5.73 Å². The van der Waals surface area contributed by atoms with Crippen molar-refractivity contribution in [1.82, 2.24) is 4.90 Å². The zero-order chi connectivity index (χ0) is 15.2. The highest BCUT2D eigenvalue weighted by atomic mass is 32.1. The summed E-state index contributed by atoms with van der Waals surface area (Å²) in [5.74, 6) is 0.756. The number of nitrogens with zero attached hydrogens (tertiary/aromatic N) is 1. The Balaban J connectivity index is 1.83. The minimum Gasteiger partial charge on any atom is -0.491 e. The number of thiophene rings is 1. The zero-order valence-electron chi connectivity index (χ0n) is 12.3. The monoisotopic (exact) mass is 304 g/mol. The molecule has 2 rings (SSSR count). The van der Waals surface area contributed by atoms with Crippen LogP contribution in [0.5, 0.6) is 5.75 Å². The van der Waals surface area contributed by atoms with E-state index >= 15 is 0 Å². The molecule has 0 spiro atoms. The van der Waals surface area contributed by atoms with Gasteiger partial charge in [0, 0.05) is 11.9 Å². The molecular formula is C16H20N2O2S. The Morgan fingerprint density at radius 2 is 2.10 bits per heavy atom. The summed E-state index contributed by atoms with van der Waals surface area (Å²) in [6.45, 7) is 2.95. The third kappa shape index (κ3) is 4.06. The molecule has 1 amide bonds. The van der Waals surface area contributed by atoms with Gasteiger partial charge in [0.2, 0.25) is 5.91 Å². The number of para-hydroxylation sites is 1. The van der Waals surface area contributed by atoms with Gasteiger partial charge >= 0.3 is 0 Å². The Hall–Kier alpha value is -1.85. The molecular weight excluding hydrogens is 284 g/mol. The van der Waals surface area contributed by atoms with Crippen LogP contribution >= 0.6 is 11.3 Å². The topological polar surface area (TPSA) is 55.6 Å². The van der Waals surface area contributed by atoms with Crippen molar-refractivity contribution in [3.05, 3.63) is 52.2 Å². The van der Waals surface area contributed by atoms with Gasteiger partial charge in [-0.3, -0.25) is 4.79 Å². The molecule has 5 heteroatoms. The molecule has 1 aromatic carbocycles. The molecule has 21 heavy (non-hydrogen) atoms. The van der Waals surface area contributed by atoms with Gasteiger partial charge in [0.1, 0.15) is 18.4 Å². The Morgan fingerprint density at radius 3 is 2.76 bits per heavy atom. The van der Waals surface area contributed by atoms with Crippen molar-refractivity contribution >= 4 is 17.2 Å². The quantitative estimate of drug-likeness (QED) is 0.892. The highest BCUT2D eigenvalue weighted by molar-refractivity contribution is 7.10. The van der Waals surface area contributed by atoms with E-state index in [1.165, 1.54) is 11.3 Å². The lowest BCUT2D eigenvalue weighted by atomic mass is 10.2. The van der Waals surface area contributed by atoms with E-state index in [0.717, 1.165) is 16.2 Å². The third-order valence-electron chi connectivity index (χ3n) is 3.27. The molecule has 0 bridgehead atoms. The van der Waals surface area contributed by atoms with Crippen LogP contribution in [0, 0.1) is 6.92 Å². The summed E-state index contributed by atoms with van der Waals surface area (Å²) in [5, 5.41) is 1.92. The van der Waals surface area contributed by atoms with E-state index < -0.39 is 6.04 Å². The normalized spacial score (nSPS) is 12.0. The molecule has 1 heterocycles. The van der Waals surface area contributed by atoms with E-state index in [0.29, 0.717) is 13.2 Å². The maximum Gasteiger partial charge on any atom is 0.244 e. The first kappa shape index (κ1) is 15.5. The van der Waals surface area contributed by atoms with E-state index in [1.807, 2.05) is 48.7 Å². The number of aryl methyl sites for hydroxylation is 1. The van der Waals surface area contributed by atoms with E-state index in [2.05, 4.69) is 0 Å². The maximum atomic E-state index is 12.2. The first-order chi connectivity index (χ1) is 10.1. The number of rotatable bonds is 6. The molecule has 112 valence electrons. The van der Waals surface area contributed by atoms with Crippen molar-refractivity contribution in [2.75, 3.05) is 20.2 Å². The van der Waals surface area contributed by atoms with Gasteiger partial charge in [-0.25, -0.2) is 0 Å². The molecule has 1 aromatic heterocycles. The minimum atomic E-state index is -0.589. The maximum absolute atomic E-state index is 12.2. The second-order valence-electron chi connectivity index (χ2n) is 4.87. The van der Waals surface area contributed by atoms with Crippen LogP contribution in [0.25, 0.3) is 0 Å². The van der Waals surface area contributed by atoms with Crippen LogP contribution in [-0.2, 0) is 4.79 Å². The lowest BCUT2D eigenvalue weighted by Gasteiger charge is -2.21. The molecule has 0 fully saturated rings. The zero-order valence-corrected chi connectivity index (χ0v) is 13.1. The number of carbonyl (C=O) groups is 1. The number of amides is 1. The Labute approximate surface area is 129 Å². The van der Waals surface area contributed by atoms with Gasteiger partial charge in [0.15, 0.2) is 0 Å². The fourth-order valence-corrected chi connectivity index (χ4v) is 2.67. The van der Waals surface area contributed by atoms with Gasteiger partial charge in [-0.05, 0) is 30.0 Å². The summed E-state index contributed by atoms with van der Waals surface area (Å²) in [5.41, 5.74) is 7.05. The van der Waals surface area contributed by atoms with Gasteiger partial charge in [0.05, 0.1) is 6.54 Å². The number of hydrogen-bond acceptors (Lipinski definition) is 4. The highest BCUT2D eigenvalue weighted by Crippen LogP contribution is 2.19. The molecule has 4 nitrogen and oxygen atoms in total. The van der Waals surface area contributed by atoms with E-state index in [4.69, 9.17) is 10.5 Å². The molecule has 0 saturated carbocycles. The number of carbonyl (C=O) groups excluding carboxylic acids is 1. The van der Waals surface area contributed by atoms with E-state index in [-0.39, 0.29) is 5.91 Å². The van der Waals surface area contributed by atoms with Crippen molar-refractivity contribution in [1.29, 1.82) is 0 Å². The average molecular weight is 304 g/mol. The van der Waals surface area contributed by atoms with Crippen LogP contribution in [-0.4, -0.2) is 31.0 Å².